The lowest BCUT2D eigenvalue weighted by atomic mass is 10.2. The van der Waals surface area contributed by atoms with Gasteiger partial charge in [-0.15, -0.1) is 0 Å². The molecule has 0 saturated heterocycles. The van der Waals surface area contributed by atoms with Crippen LogP contribution in [-0.4, -0.2) is 34.1 Å². The number of nitrogens with one attached hydrogen (secondary N) is 1. The van der Waals surface area contributed by atoms with Crippen LogP contribution >= 0.6 is 0 Å². The van der Waals surface area contributed by atoms with Crippen molar-refractivity contribution in [3.63, 3.8) is 0 Å². The Kier molecular flexibility index (Phi) is 4.92. The van der Waals surface area contributed by atoms with Gasteiger partial charge in [0, 0.05) is 30.4 Å². The number of rotatable bonds is 6. The molecule has 136 valence electrons. The van der Waals surface area contributed by atoms with E-state index in [2.05, 4.69) is 5.32 Å². The van der Waals surface area contributed by atoms with Gasteiger partial charge in [0.05, 0.1) is 12.0 Å². The highest BCUT2D eigenvalue weighted by molar-refractivity contribution is 5.90. The largest absolute Gasteiger partial charge is 0.504 e. The Labute approximate surface area is 150 Å². The van der Waals surface area contributed by atoms with Gasteiger partial charge in [0.15, 0.2) is 11.5 Å². The standard InChI is InChI=1S/C18H19N3O5/c1-26-17-9-12(5-8-16(17)22)11-20(14-6-7-14)18(23)19-13-3-2-4-15(10-13)21(24)25/h2-5,8-10,14,22H,6-7,11H2,1H3,(H,19,23). The van der Waals surface area contributed by atoms with E-state index in [9.17, 15) is 20.0 Å². The van der Waals surface area contributed by atoms with E-state index in [-0.39, 0.29) is 23.5 Å². The van der Waals surface area contributed by atoms with E-state index >= 15 is 0 Å². The van der Waals surface area contributed by atoms with E-state index in [4.69, 9.17) is 4.74 Å². The Bertz CT molecular complexity index is 835. The van der Waals surface area contributed by atoms with Gasteiger partial charge in [-0.2, -0.15) is 0 Å². The van der Waals surface area contributed by atoms with Crippen LogP contribution in [0.15, 0.2) is 42.5 Å². The molecule has 0 radical (unpaired) electrons. The molecular formula is C18H19N3O5. The zero-order chi connectivity index (χ0) is 18.7. The first-order valence-corrected chi connectivity index (χ1v) is 8.16. The normalized spacial score (nSPS) is 13.1. The Morgan fingerprint density at radius 1 is 1.35 bits per heavy atom. The molecule has 2 amide bonds. The molecule has 0 spiro atoms. The number of nitrogens with zero attached hydrogens (tertiary/aromatic N) is 2. The van der Waals surface area contributed by atoms with Gasteiger partial charge >= 0.3 is 6.03 Å². The Hall–Kier alpha value is -3.29. The molecular weight excluding hydrogens is 338 g/mol. The van der Waals surface area contributed by atoms with E-state index in [0.29, 0.717) is 18.0 Å². The van der Waals surface area contributed by atoms with Crippen LogP contribution in [0.25, 0.3) is 0 Å². The number of aromatic hydroxyl groups is 1. The fraction of sp³-hybridized carbons (Fsp3) is 0.278. The van der Waals surface area contributed by atoms with Crippen LogP contribution < -0.4 is 10.1 Å². The number of benzene rings is 2. The molecule has 1 saturated carbocycles. The van der Waals surface area contributed by atoms with Gasteiger partial charge in [0.1, 0.15) is 0 Å². The van der Waals surface area contributed by atoms with E-state index in [1.807, 2.05) is 0 Å². The number of carbonyl (C=O) groups is 1. The summed E-state index contributed by atoms with van der Waals surface area (Å²) in [5.74, 6) is 0.382. The number of hydrogen-bond acceptors (Lipinski definition) is 5. The number of ether oxygens (including phenoxy) is 1. The van der Waals surface area contributed by atoms with Crippen molar-refractivity contribution in [3.8, 4) is 11.5 Å². The molecule has 0 heterocycles. The van der Waals surface area contributed by atoms with E-state index in [1.54, 1.807) is 23.1 Å². The molecule has 3 rings (SSSR count). The minimum absolute atomic E-state index is 0.0373. The summed E-state index contributed by atoms with van der Waals surface area (Å²) < 4.78 is 5.10. The fourth-order valence-electron chi connectivity index (χ4n) is 2.66. The third-order valence-electron chi connectivity index (χ3n) is 4.15. The Morgan fingerprint density at radius 3 is 2.77 bits per heavy atom. The summed E-state index contributed by atoms with van der Waals surface area (Å²) >= 11 is 0. The predicted molar refractivity (Wildman–Crippen MR) is 95.3 cm³/mol. The average Bonchev–Trinajstić information content (AvgIpc) is 3.46. The molecule has 0 aromatic heterocycles. The number of nitro benzene ring substituents is 1. The molecule has 8 heteroatoms. The second kappa shape index (κ2) is 7.30. The second-order valence-corrected chi connectivity index (χ2v) is 6.10. The van der Waals surface area contributed by atoms with Crippen LogP contribution in [0.4, 0.5) is 16.2 Å². The van der Waals surface area contributed by atoms with E-state index in [1.165, 1.54) is 31.4 Å². The quantitative estimate of drug-likeness (QED) is 0.608. The number of phenolic OH excluding ortho intramolecular Hbond substituents is 1. The molecule has 8 nitrogen and oxygen atoms in total. The molecule has 0 bridgehead atoms. The maximum Gasteiger partial charge on any atom is 0.322 e. The fourth-order valence-corrected chi connectivity index (χ4v) is 2.66. The van der Waals surface area contributed by atoms with Crippen LogP contribution in [0.5, 0.6) is 11.5 Å². The molecule has 1 aliphatic rings. The number of methoxy groups -OCH3 is 1. The SMILES string of the molecule is COc1cc(CN(C(=O)Nc2cccc([N+](=O)[O-])c2)C2CC2)ccc1O. The topological polar surface area (TPSA) is 105 Å². The minimum Gasteiger partial charge on any atom is -0.504 e. The molecule has 2 aromatic rings. The Morgan fingerprint density at radius 2 is 2.12 bits per heavy atom. The van der Waals surface area contributed by atoms with Crippen molar-refractivity contribution in [1.29, 1.82) is 0 Å². The molecule has 2 N–H and O–H groups in total. The lowest BCUT2D eigenvalue weighted by Crippen LogP contribution is -2.36. The molecule has 2 aromatic carbocycles. The number of carbonyl (C=O) groups excluding carboxylic acids is 1. The maximum atomic E-state index is 12.7. The van der Waals surface area contributed by atoms with Crippen molar-refractivity contribution in [1.82, 2.24) is 4.90 Å². The predicted octanol–water partition coefficient (Wildman–Crippen LogP) is 3.51. The van der Waals surface area contributed by atoms with E-state index in [0.717, 1.165) is 18.4 Å². The van der Waals surface area contributed by atoms with Crippen molar-refractivity contribution in [2.45, 2.75) is 25.4 Å². The van der Waals surface area contributed by atoms with Gasteiger partial charge in [-0.3, -0.25) is 10.1 Å². The first-order valence-electron chi connectivity index (χ1n) is 8.16. The summed E-state index contributed by atoms with van der Waals surface area (Å²) in [6.45, 7) is 0.349. The summed E-state index contributed by atoms with van der Waals surface area (Å²) in [5, 5.41) is 23.3. The Balaban J connectivity index is 1.75. The molecule has 0 aliphatic heterocycles. The summed E-state index contributed by atoms with van der Waals surface area (Å²) in [4.78, 5) is 24.7. The molecule has 1 aliphatic carbocycles. The highest BCUT2D eigenvalue weighted by Gasteiger charge is 2.33. The minimum atomic E-state index is -0.503. The van der Waals surface area contributed by atoms with Crippen LogP contribution in [0, 0.1) is 10.1 Å². The van der Waals surface area contributed by atoms with Crippen molar-refractivity contribution >= 4 is 17.4 Å². The number of non-ortho nitro benzene ring substituents is 1. The lowest BCUT2D eigenvalue weighted by Gasteiger charge is -2.23. The van der Waals surface area contributed by atoms with Gasteiger partial charge in [-0.05, 0) is 36.6 Å². The van der Waals surface area contributed by atoms with Crippen molar-refractivity contribution < 1.29 is 19.6 Å². The van der Waals surface area contributed by atoms with Crippen molar-refractivity contribution in [3.05, 3.63) is 58.1 Å². The number of phenols is 1. The van der Waals surface area contributed by atoms with Crippen LogP contribution in [0.2, 0.25) is 0 Å². The van der Waals surface area contributed by atoms with Crippen LogP contribution in [0.1, 0.15) is 18.4 Å². The third-order valence-corrected chi connectivity index (χ3v) is 4.15. The van der Waals surface area contributed by atoms with Crippen LogP contribution in [0.3, 0.4) is 0 Å². The smallest absolute Gasteiger partial charge is 0.322 e. The van der Waals surface area contributed by atoms with Gasteiger partial charge in [-0.1, -0.05) is 12.1 Å². The molecule has 0 atom stereocenters. The maximum absolute atomic E-state index is 12.7. The monoisotopic (exact) mass is 357 g/mol. The highest BCUT2D eigenvalue weighted by Crippen LogP contribution is 2.32. The zero-order valence-electron chi connectivity index (χ0n) is 14.2. The van der Waals surface area contributed by atoms with Crippen molar-refractivity contribution in [2.24, 2.45) is 0 Å². The number of hydrogen-bond donors (Lipinski definition) is 2. The van der Waals surface area contributed by atoms with Crippen LogP contribution in [-0.2, 0) is 6.54 Å². The highest BCUT2D eigenvalue weighted by atomic mass is 16.6. The number of urea groups is 1. The summed E-state index contributed by atoms with van der Waals surface area (Å²) in [6.07, 6.45) is 1.83. The zero-order valence-corrected chi connectivity index (χ0v) is 14.2. The molecule has 1 fully saturated rings. The van der Waals surface area contributed by atoms with Gasteiger partial charge in [0.2, 0.25) is 0 Å². The average molecular weight is 357 g/mol. The number of amides is 2. The third kappa shape index (κ3) is 4.02. The second-order valence-electron chi connectivity index (χ2n) is 6.10. The van der Waals surface area contributed by atoms with E-state index < -0.39 is 4.92 Å². The number of nitro groups is 1. The molecule has 0 unspecified atom stereocenters. The summed E-state index contributed by atoms with van der Waals surface area (Å²) in [7, 11) is 1.46. The van der Waals surface area contributed by atoms with Gasteiger partial charge in [-0.25, -0.2) is 4.79 Å². The van der Waals surface area contributed by atoms with Gasteiger partial charge < -0.3 is 20.1 Å². The number of anilines is 1. The lowest BCUT2D eigenvalue weighted by molar-refractivity contribution is -0.384. The summed E-state index contributed by atoms with van der Waals surface area (Å²) in [6, 6.07) is 10.6. The summed E-state index contributed by atoms with van der Waals surface area (Å²) in [5.41, 5.74) is 1.11. The first kappa shape index (κ1) is 17.5. The van der Waals surface area contributed by atoms with Gasteiger partial charge in [0.25, 0.3) is 5.69 Å². The van der Waals surface area contributed by atoms with Crippen molar-refractivity contribution in [2.75, 3.05) is 12.4 Å². The first-order chi connectivity index (χ1) is 12.5. The molecule has 26 heavy (non-hydrogen) atoms.